The van der Waals surface area contributed by atoms with Gasteiger partial charge in [-0.1, -0.05) is 0 Å². The highest BCUT2D eigenvalue weighted by molar-refractivity contribution is 9.11. The Hall–Kier alpha value is -0.650. The standard InChI is InChI=1S/C10H12BrN3S/c1-14-7-8(5-13-14)4-12-6-9-2-3-10(11)15-9/h2-3,5,7,12H,4,6H2,1H3. The maximum atomic E-state index is 4.12. The molecule has 0 spiro atoms. The fraction of sp³-hybridized carbons (Fsp3) is 0.300. The molecule has 2 heterocycles. The van der Waals surface area contributed by atoms with Crippen molar-refractivity contribution >= 4 is 27.3 Å². The van der Waals surface area contributed by atoms with Gasteiger partial charge in [0.05, 0.1) is 9.98 Å². The molecule has 0 bridgehead atoms. The lowest BCUT2D eigenvalue weighted by Crippen LogP contribution is -2.11. The maximum Gasteiger partial charge on any atom is 0.0701 e. The molecule has 0 fully saturated rings. The molecule has 1 N–H and O–H groups in total. The first-order chi connectivity index (χ1) is 7.24. The maximum absolute atomic E-state index is 4.12. The summed E-state index contributed by atoms with van der Waals surface area (Å²) in [5.41, 5.74) is 1.22. The minimum absolute atomic E-state index is 0.864. The summed E-state index contributed by atoms with van der Waals surface area (Å²) in [6.45, 7) is 1.77. The van der Waals surface area contributed by atoms with E-state index in [1.54, 1.807) is 11.3 Å². The zero-order chi connectivity index (χ0) is 10.7. The van der Waals surface area contributed by atoms with Crippen LogP contribution in [0.2, 0.25) is 0 Å². The van der Waals surface area contributed by atoms with E-state index in [9.17, 15) is 0 Å². The summed E-state index contributed by atoms with van der Waals surface area (Å²) < 4.78 is 3.00. The van der Waals surface area contributed by atoms with E-state index in [0.717, 1.165) is 13.1 Å². The topological polar surface area (TPSA) is 29.9 Å². The summed E-state index contributed by atoms with van der Waals surface area (Å²) in [4.78, 5) is 1.34. The predicted octanol–water partition coefficient (Wildman–Crippen LogP) is 2.53. The fourth-order valence-electron chi connectivity index (χ4n) is 1.34. The van der Waals surface area contributed by atoms with Crippen molar-refractivity contribution in [3.05, 3.63) is 38.8 Å². The second-order valence-corrected chi connectivity index (χ2v) is 5.88. The second-order valence-electron chi connectivity index (χ2n) is 3.33. The number of rotatable bonds is 4. The first kappa shape index (κ1) is 10.9. The Kier molecular flexibility index (Phi) is 3.56. The van der Waals surface area contributed by atoms with E-state index in [1.165, 1.54) is 14.2 Å². The van der Waals surface area contributed by atoms with Gasteiger partial charge in [-0.05, 0) is 28.1 Å². The van der Waals surface area contributed by atoms with E-state index in [0.29, 0.717) is 0 Å². The highest BCUT2D eigenvalue weighted by Crippen LogP contribution is 2.21. The molecule has 0 saturated carbocycles. The van der Waals surface area contributed by atoms with Crippen LogP contribution in [0.5, 0.6) is 0 Å². The van der Waals surface area contributed by atoms with E-state index in [4.69, 9.17) is 0 Å². The minimum Gasteiger partial charge on any atom is -0.308 e. The molecule has 2 aromatic heterocycles. The molecule has 0 saturated heterocycles. The van der Waals surface area contributed by atoms with E-state index in [1.807, 2.05) is 24.1 Å². The van der Waals surface area contributed by atoms with Crippen molar-refractivity contribution in [2.24, 2.45) is 7.05 Å². The summed E-state index contributed by atoms with van der Waals surface area (Å²) >= 11 is 5.21. The van der Waals surface area contributed by atoms with Crippen LogP contribution in [0.4, 0.5) is 0 Å². The number of aryl methyl sites for hydroxylation is 1. The largest absolute Gasteiger partial charge is 0.308 e. The quantitative estimate of drug-likeness (QED) is 0.936. The third-order valence-corrected chi connectivity index (χ3v) is 3.64. The Morgan fingerprint density at radius 3 is 2.93 bits per heavy atom. The molecule has 80 valence electrons. The average molecular weight is 286 g/mol. The average Bonchev–Trinajstić information content (AvgIpc) is 2.76. The number of hydrogen-bond acceptors (Lipinski definition) is 3. The van der Waals surface area contributed by atoms with Gasteiger partial charge >= 0.3 is 0 Å². The van der Waals surface area contributed by atoms with Gasteiger partial charge in [0, 0.05) is 36.8 Å². The molecule has 2 aromatic rings. The van der Waals surface area contributed by atoms with Crippen LogP contribution in [0.3, 0.4) is 0 Å². The van der Waals surface area contributed by atoms with Crippen molar-refractivity contribution in [1.82, 2.24) is 15.1 Å². The summed E-state index contributed by atoms with van der Waals surface area (Å²) in [5.74, 6) is 0. The molecule has 2 rings (SSSR count). The zero-order valence-corrected chi connectivity index (χ0v) is 10.8. The number of thiophene rings is 1. The highest BCUT2D eigenvalue weighted by atomic mass is 79.9. The summed E-state index contributed by atoms with van der Waals surface area (Å²) in [5, 5.41) is 7.50. The zero-order valence-electron chi connectivity index (χ0n) is 8.40. The number of nitrogens with one attached hydrogen (secondary N) is 1. The van der Waals surface area contributed by atoms with Crippen LogP contribution in [0.15, 0.2) is 28.3 Å². The first-order valence-corrected chi connectivity index (χ1v) is 6.27. The summed E-state index contributed by atoms with van der Waals surface area (Å²) in [6.07, 6.45) is 3.91. The van der Waals surface area contributed by atoms with Crippen molar-refractivity contribution in [3.8, 4) is 0 Å². The normalized spacial score (nSPS) is 10.8. The van der Waals surface area contributed by atoms with E-state index in [2.05, 4.69) is 38.5 Å². The molecule has 0 atom stereocenters. The van der Waals surface area contributed by atoms with Crippen LogP contribution in [-0.4, -0.2) is 9.78 Å². The minimum atomic E-state index is 0.864. The second kappa shape index (κ2) is 4.92. The van der Waals surface area contributed by atoms with Crippen molar-refractivity contribution in [2.75, 3.05) is 0 Å². The number of aromatic nitrogens is 2. The molecule has 0 aliphatic heterocycles. The van der Waals surface area contributed by atoms with Crippen LogP contribution in [-0.2, 0) is 20.1 Å². The number of hydrogen-bond donors (Lipinski definition) is 1. The van der Waals surface area contributed by atoms with Crippen molar-refractivity contribution in [1.29, 1.82) is 0 Å². The first-order valence-electron chi connectivity index (χ1n) is 4.66. The molecular formula is C10H12BrN3S. The molecule has 0 aromatic carbocycles. The van der Waals surface area contributed by atoms with Crippen LogP contribution >= 0.6 is 27.3 Å². The van der Waals surface area contributed by atoms with Crippen molar-refractivity contribution in [2.45, 2.75) is 13.1 Å². The molecule has 0 unspecified atom stereocenters. The molecule has 0 aliphatic rings. The molecule has 0 radical (unpaired) electrons. The van der Waals surface area contributed by atoms with Gasteiger partial charge < -0.3 is 5.32 Å². The lowest BCUT2D eigenvalue weighted by Gasteiger charge is -1.99. The Morgan fingerprint density at radius 1 is 1.47 bits per heavy atom. The van der Waals surface area contributed by atoms with E-state index < -0.39 is 0 Å². The fourth-order valence-corrected chi connectivity index (χ4v) is 2.79. The smallest absolute Gasteiger partial charge is 0.0701 e. The third-order valence-electron chi connectivity index (χ3n) is 2.02. The molecule has 0 amide bonds. The van der Waals surface area contributed by atoms with Gasteiger partial charge in [0.15, 0.2) is 0 Å². The van der Waals surface area contributed by atoms with Crippen LogP contribution in [0.1, 0.15) is 10.4 Å². The van der Waals surface area contributed by atoms with Gasteiger partial charge in [0.2, 0.25) is 0 Å². The van der Waals surface area contributed by atoms with E-state index >= 15 is 0 Å². The van der Waals surface area contributed by atoms with Gasteiger partial charge in [0.1, 0.15) is 0 Å². The third kappa shape index (κ3) is 3.15. The van der Waals surface area contributed by atoms with Crippen LogP contribution in [0.25, 0.3) is 0 Å². The van der Waals surface area contributed by atoms with Gasteiger partial charge in [-0.2, -0.15) is 5.10 Å². The Balaban J connectivity index is 1.80. The predicted molar refractivity (Wildman–Crippen MR) is 65.8 cm³/mol. The van der Waals surface area contributed by atoms with Gasteiger partial charge in [-0.3, -0.25) is 4.68 Å². The molecular weight excluding hydrogens is 274 g/mol. The van der Waals surface area contributed by atoms with Crippen LogP contribution < -0.4 is 5.32 Å². The number of nitrogens with zero attached hydrogens (tertiary/aromatic N) is 2. The summed E-state index contributed by atoms with van der Waals surface area (Å²) in [7, 11) is 1.93. The monoisotopic (exact) mass is 285 g/mol. The molecule has 5 heteroatoms. The van der Waals surface area contributed by atoms with Crippen LogP contribution in [0, 0.1) is 0 Å². The van der Waals surface area contributed by atoms with Gasteiger partial charge in [-0.15, -0.1) is 11.3 Å². The van der Waals surface area contributed by atoms with Crippen molar-refractivity contribution < 1.29 is 0 Å². The number of halogens is 1. The molecule has 0 aliphatic carbocycles. The lowest BCUT2D eigenvalue weighted by molar-refractivity contribution is 0.699. The van der Waals surface area contributed by atoms with Crippen molar-refractivity contribution in [3.63, 3.8) is 0 Å². The highest BCUT2D eigenvalue weighted by Gasteiger charge is 1.98. The SMILES string of the molecule is Cn1cc(CNCc2ccc(Br)s2)cn1. The lowest BCUT2D eigenvalue weighted by atomic mass is 10.3. The van der Waals surface area contributed by atoms with E-state index in [-0.39, 0.29) is 0 Å². The van der Waals surface area contributed by atoms with Gasteiger partial charge in [-0.25, -0.2) is 0 Å². The Morgan fingerprint density at radius 2 is 2.33 bits per heavy atom. The molecule has 3 nitrogen and oxygen atoms in total. The van der Waals surface area contributed by atoms with Gasteiger partial charge in [0.25, 0.3) is 0 Å². The summed E-state index contributed by atoms with van der Waals surface area (Å²) in [6, 6.07) is 4.21. The molecule has 15 heavy (non-hydrogen) atoms. The Bertz CT molecular complexity index is 395. The Labute approximate surface area is 101 Å².